The van der Waals surface area contributed by atoms with Gasteiger partial charge in [0.25, 0.3) is 0 Å². The molecule has 1 aliphatic rings. The molecule has 0 aromatic carbocycles. The van der Waals surface area contributed by atoms with Gasteiger partial charge in [0, 0.05) is 31.6 Å². The monoisotopic (exact) mass is 403 g/mol. The van der Waals surface area contributed by atoms with Crippen molar-refractivity contribution in [1.29, 1.82) is 0 Å². The number of ketones is 1. The summed E-state index contributed by atoms with van der Waals surface area (Å²) in [5.74, 6) is 1.25. The van der Waals surface area contributed by atoms with Crippen molar-refractivity contribution in [2.24, 2.45) is 11.8 Å². The van der Waals surface area contributed by atoms with Crippen LogP contribution in [0.2, 0.25) is 0 Å². The molecular formula is C24H41N3O2. The van der Waals surface area contributed by atoms with Crippen LogP contribution in [0.25, 0.3) is 0 Å². The van der Waals surface area contributed by atoms with Gasteiger partial charge in [0.1, 0.15) is 0 Å². The first-order chi connectivity index (χ1) is 13.9. The molecule has 1 fully saturated rings. The van der Waals surface area contributed by atoms with Crippen LogP contribution in [-0.2, 0) is 4.79 Å². The lowest BCUT2D eigenvalue weighted by atomic mass is 10.0. The number of hydrogen-bond donors (Lipinski definition) is 0. The number of amides is 1. The molecule has 0 aliphatic carbocycles. The number of likely N-dealkylation sites (tertiary alicyclic amines) is 1. The number of carbonyl (C=O) groups excluding carboxylic acids is 2. The molecule has 0 unspecified atom stereocenters. The molecule has 5 heteroatoms. The molecule has 0 spiro atoms. The molecule has 0 bridgehead atoms. The minimum absolute atomic E-state index is 0.00726. The van der Waals surface area contributed by atoms with E-state index in [4.69, 9.17) is 0 Å². The summed E-state index contributed by atoms with van der Waals surface area (Å²) >= 11 is 0. The molecule has 2 rings (SSSR count). The fraction of sp³-hybridized carbons (Fsp3) is 0.792. The van der Waals surface area contributed by atoms with Crippen molar-refractivity contribution in [1.82, 2.24) is 14.7 Å². The van der Waals surface area contributed by atoms with Crippen LogP contribution in [0.15, 0.2) is 12.4 Å². The Morgan fingerprint density at radius 3 is 2.24 bits per heavy atom. The Morgan fingerprint density at radius 2 is 1.62 bits per heavy atom. The van der Waals surface area contributed by atoms with Crippen molar-refractivity contribution >= 4 is 11.7 Å². The molecule has 0 N–H and O–H groups in total. The number of unbranched alkanes of at least 4 members (excludes halogenated alkanes) is 5. The van der Waals surface area contributed by atoms with Gasteiger partial charge in [0.05, 0.1) is 17.8 Å². The Bertz CT molecular complexity index is 628. The fourth-order valence-corrected chi connectivity index (χ4v) is 4.07. The average Bonchev–Trinajstić information content (AvgIpc) is 3.19. The van der Waals surface area contributed by atoms with E-state index in [1.807, 2.05) is 29.6 Å². The number of hydrogen-bond acceptors (Lipinski definition) is 3. The molecule has 1 aromatic heterocycles. The second kappa shape index (κ2) is 12.1. The highest BCUT2D eigenvalue weighted by Gasteiger charge is 2.24. The highest BCUT2D eigenvalue weighted by atomic mass is 16.2. The van der Waals surface area contributed by atoms with Gasteiger partial charge in [-0.25, -0.2) is 0 Å². The summed E-state index contributed by atoms with van der Waals surface area (Å²) in [5.41, 5.74) is 0.697. The molecule has 0 radical (unpaired) electrons. The smallest absolute Gasteiger partial charge is 0.222 e. The summed E-state index contributed by atoms with van der Waals surface area (Å²) in [7, 11) is 0. The Morgan fingerprint density at radius 1 is 1.00 bits per heavy atom. The summed E-state index contributed by atoms with van der Waals surface area (Å²) < 4.78 is 1.93. The summed E-state index contributed by atoms with van der Waals surface area (Å²) in [6.45, 7) is 9.99. The quantitative estimate of drug-likeness (QED) is 0.334. The molecule has 29 heavy (non-hydrogen) atoms. The lowest BCUT2D eigenvalue weighted by Gasteiger charge is -2.32. The lowest BCUT2D eigenvalue weighted by molar-refractivity contribution is -0.132. The molecule has 0 atom stereocenters. The molecule has 0 saturated carbocycles. The van der Waals surface area contributed by atoms with E-state index >= 15 is 0 Å². The zero-order valence-corrected chi connectivity index (χ0v) is 19.0. The lowest BCUT2D eigenvalue weighted by Crippen LogP contribution is -2.39. The predicted octanol–water partition coefficient (Wildman–Crippen LogP) is 5.66. The zero-order valence-electron chi connectivity index (χ0n) is 19.0. The van der Waals surface area contributed by atoms with Crippen LogP contribution in [0.5, 0.6) is 0 Å². The molecule has 5 nitrogen and oxygen atoms in total. The van der Waals surface area contributed by atoms with E-state index in [0.717, 1.165) is 38.3 Å². The minimum atomic E-state index is -0.00726. The predicted molar refractivity (Wildman–Crippen MR) is 118 cm³/mol. The number of rotatable bonds is 12. The third-order valence-corrected chi connectivity index (χ3v) is 6.02. The van der Waals surface area contributed by atoms with Crippen molar-refractivity contribution in [2.75, 3.05) is 13.1 Å². The zero-order chi connectivity index (χ0) is 21.2. The molecule has 2 heterocycles. The van der Waals surface area contributed by atoms with Gasteiger partial charge in [-0.3, -0.25) is 14.3 Å². The minimum Gasteiger partial charge on any atom is -0.343 e. The topological polar surface area (TPSA) is 55.2 Å². The van der Waals surface area contributed by atoms with Crippen molar-refractivity contribution in [3.8, 4) is 0 Å². The maximum Gasteiger partial charge on any atom is 0.222 e. The maximum absolute atomic E-state index is 12.5. The van der Waals surface area contributed by atoms with Gasteiger partial charge in [0.15, 0.2) is 5.78 Å². The first-order valence-electron chi connectivity index (χ1n) is 11.7. The number of aromatic nitrogens is 2. The summed E-state index contributed by atoms with van der Waals surface area (Å²) in [6, 6.07) is 0.290. The highest BCUT2D eigenvalue weighted by molar-refractivity contribution is 5.96. The fourth-order valence-electron chi connectivity index (χ4n) is 4.07. The molecule has 164 valence electrons. The van der Waals surface area contributed by atoms with E-state index in [0.29, 0.717) is 23.9 Å². The first kappa shape index (κ1) is 23.6. The van der Waals surface area contributed by atoms with Crippen molar-refractivity contribution in [3.63, 3.8) is 0 Å². The van der Waals surface area contributed by atoms with Crippen LogP contribution in [0.3, 0.4) is 0 Å². The van der Waals surface area contributed by atoms with E-state index < -0.39 is 0 Å². The molecular weight excluding hydrogens is 362 g/mol. The van der Waals surface area contributed by atoms with Crippen LogP contribution in [0.1, 0.15) is 108 Å². The Hall–Kier alpha value is -1.65. The highest BCUT2D eigenvalue weighted by Crippen LogP contribution is 2.23. The third kappa shape index (κ3) is 7.94. The second-order valence-electron chi connectivity index (χ2n) is 9.39. The first-order valence-corrected chi connectivity index (χ1v) is 11.7. The number of Topliss-reactive ketones (excluding diaryl/α,β-unsaturated/α-hetero) is 1. The van der Waals surface area contributed by atoms with Crippen LogP contribution in [0, 0.1) is 11.8 Å². The van der Waals surface area contributed by atoms with E-state index in [1.54, 1.807) is 6.20 Å². The van der Waals surface area contributed by atoms with Crippen LogP contribution >= 0.6 is 0 Å². The van der Waals surface area contributed by atoms with Crippen molar-refractivity contribution < 1.29 is 9.59 Å². The third-order valence-electron chi connectivity index (χ3n) is 6.02. The largest absolute Gasteiger partial charge is 0.343 e. The average molecular weight is 404 g/mol. The van der Waals surface area contributed by atoms with Gasteiger partial charge < -0.3 is 4.90 Å². The van der Waals surface area contributed by atoms with E-state index in [2.05, 4.69) is 18.9 Å². The Labute approximate surface area is 177 Å². The van der Waals surface area contributed by atoms with Gasteiger partial charge in [-0.1, -0.05) is 66.2 Å². The van der Waals surface area contributed by atoms with E-state index in [-0.39, 0.29) is 11.7 Å². The SMILES string of the molecule is CC(C)CCCCCCCCC(=O)N1CCC(n2cc(C(=O)C(C)C)cn2)CC1. The maximum atomic E-state index is 12.5. The Balaban J connectivity index is 1.61. The van der Waals surface area contributed by atoms with Gasteiger partial charge in [-0.05, 0) is 25.2 Å². The molecule has 1 aromatic rings. The molecule has 1 aliphatic heterocycles. The summed E-state index contributed by atoms with van der Waals surface area (Å²) in [5, 5.41) is 4.41. The standard InChI is InChI=1S/C24H41N3O2/c1-19(2)11-9-7-5-6-8-10-12-23(28)26-15-13-22(14-16-26)27-18-21(17-25-27)24(29)20(3)4/h17-20,22H,5-16H2,1-4H3. The van der Waals surface area contributed by atoms with E-state index in [1.165, 1.54) is 38.5 Å². The molecule has 1 amide bonds. The summed E-state index contributed by atoms with van der Waals surface area (Å²) in [6.07, 6.45) is 14.8. The van der Waals surface area contributed by atoms with Crippen molar-refractivity contribution in [3.05, 3.63) is 18.0 Å². The number of nitrogens with zero attached hydrogens (tertiary/aromatic N) is 3. The van der Waals surface area contributed by atoms with Gasteiger partial charge in [-0.15, -0.1) is 0 Å². The second-order valence-corrected chi connectivity index (χ2v) is 9.39. The van der Waals surface area contributed by atoms with E-state index in [9.17, 15) is 9.59 Å². The molecule has 1 saturated heterocycles. The van der Waals surface area contributed by atoms with Crippen molar-refractivity contribution in [2.45, 2.75) is 97.9 Å². The van der Waals surface area contributed by atoms with Crippen LogP contribution in [-0.4, -0.2) is 39.5 Å². The van der Waals surface area contributed by atoms with Gasteiger partial charge >= 0.3 is 0 Å². The normalized spacial score (nSPS) is 15.4. The Kier molecular flexibility index (Phi) is 9.89. The van der Waals surface area contributed by atoms with Crippen LogP contribution in [0.4, 0.5) is 0 Å². The number of carbonyl (C=O) groups is 2. The van der Waals surface area contributed by atoms with Gasteiger partial charge in [-0.2, -0.15) is 5.10 Å². The van der Waals surface area contributed by atoms with Crippen LogP contribution < -0.4 is 0 Å². The van der Waals surface area contributed by atoms with Gasteiger partial charge in [0.2, 0.25) is 5.91 Å². The number of piperidine rings is 1. The summed E-state index contributed by atoms with van der Waals surface area (Å²) in [4.78, 5) is 26.6.